The maximum absolute atomic E-state index is 2.36. The molecule has 1 aliphatic rings. The Morgan fingerprint density at radius 3 is 2.55 bits per heavy atom. The Balaban J connectivity index is 1.91. The summed E-state index contributed by atoms with van der Waals surface area (Å²) in [7, 11) is 4.36. The van der Waals surface area contributed by atoms with E-state index in [1.807, 2.05) is 0 Å². The average molecular weight is 262 g/mol. The van der Waals surface area contributed by atoms with Crippen LogP contribution in [0.3, 0.4) is 0 Å². The molecule has 0 bridgehead atoms. The first kappa shape index (κ1) is 11.6. The number of benzene rings is 2. The Kier molecular flexibility index (Phi) is 2.40. The fourth-order valence-corrected chi connectivity index (χ4v) is 3.50. The van der Waals surface area contributed by atoms with Crippen molar-refractivity contribution >= 4 is 16.6 Å². The highest BCUT2D eigenvalue weighted by atomic mass is 15.1. The zero-order chi connectivity index (χ0) is 13.7. The molecule has 1 unspecified atom stereocenters. The molecule has 2 heteroatoms. The van der Waals surface area contributed by atoms with Crippen LogP contribution in [-0.4, -0.2) is 18.2 Å². The Morgan fingerprint density at radius 1 is 0.950 bits per heavy atom. The van der Waals surface area contributed by atoms with Crippen molar-refractivity contribution in [3.8, 4) is 0 Å². The number of aryl methyl sites for hydroxylation is 1. The highest BCUT2D eigenvalue weighted by molar-refractivity contribution is 5.82. The van der Waals surface area contributed by atoms with Crippen molar-refractivity contribution in [2.45, 2.75) is 5.92 Å². The summed E-state index contributed by atoms with van der Waals surface area (Å²) in [5.74, 6) is 0.466. The molecule has 2 nitrogen and oxygen atoms in total. The molecule has 3 aromatic rings. The molecule has 0 saturated carbocycles. The van der Waals surface area contributed by atoms with Gasteiger partial charge in [-0.15, -0.1) is 0 Å². The summed E-state index contributed by atoms with van der Waals surface area (Å²) >= 11 is 0. The van der Waals surface area contributed by atoms with Gasteiger partial charge in [-0.05, 0) is 29.1 Å². The fourth-order valence-electron chi connectivity index (χ4n) is 3.50. The molecule has 2 aromatic carbocycles. The second-order valence-corrected chi connectivity index (χ2v) is 5.68. The number of rotatable bonds is 1. The predicted molar refractivity (Wildman–Crippen MR) is 84.5 cm³/mol. The van der Waals surface area contributed by atoms with E-state index in [1.165, 1.54) is 27.8 Å². The monoisotopic (exact) mass is 262 g/mol. The van der Waals surface area contributed by atoms with Gasteiger partial charge in [0.2, 0.25) is 0 Å². The van der Waals surface area contributed by atoms with Crippen molar-refractivity contribution in [1.29, 1.82) is 0 Å². The van der Waals surface area contributed by atoms with Gasteiger partial charge in [0.25, 0.3) is 0 Å². The normalized spacial score (nSPS) is 17.7. The Labute approximate surface area is 119 Å². The van der Waals surface area contributed by atoms with Gasteiger partial charge in [0, 0.05) is 43.5 Å². The van der Waals surface area contributed by atoms with Crippen LogP contribution in [0.4, 0.5) is 5.69 Å². The smallest absolute Gasteiger partial charge is 0.0480 e. The van der Waals surface area contributed by atoms with Crippen molar-refractivity contribution in [3.05, 3.63) is 65.9 Å². The molecule has 1 atom stereocenters. The molecule has 0 aliphatic carbocycles. The summed E-state index contributed by atoms with van der Waals surface area (Å²) in [5.41, 5.74) is 5.53. The topological polar surface area (TPSA) is 8.17 Å². The first-order valence-electron chi connectivity index (χ1n) is 7.10. The van der Waals surface area contributed by atoms with Crippen LogP contribution in [-0.2, 0) is 7.05 Å². The Morgan fingerprint density at radius 2 is 1.70 bits per heavy atom. The first-order chi connectivity index (χ1) is 9.75. The molecule has 100 valence electrons. The third-order valence-electron chi connectivity index (χ3n) is 4.53. The van der Waals surface area contributed by atoms with Crippen LogP contribution < -0.4 is 4.90 Å². The minimum absolute atomic E-state index is 0.466. The summed E-state index contributed by atoms with van der Waals surface area (Å²) in [6.45, 7) is 1.06. The number of para-hydroxylation sites is 2. The van der Waals surface area contributed by atoms with Crippen LogP contribution in [0.1, 0.15) is 17.2 Å². The number of likely N-dealkylation sites (N-methyl/N-ethyl adjacent to an activating group) is 1. The number of nitrogens with zero attached hydrogens (tertiary/aromatic N) is 2. The van der Waals surface area contributed by atoms with E-state index < -0.39 is 0 Å². The summed E-state index contributed by atoms with van der Waals surface area (Å²) in [5, 5.41) is 1.33. The molecule has 0 radical (unpaired) electrons. The molecular formula is C18H18N2. The van der Waals surface area contributed by atoms with Gasteiger partial charge in [-0.25, -0.2) is 0 Å². The predicted octanol–water partition coefficient (Wildman–Crippen LogP) is 3.76. The highest BCUT2D eigenvalue weighted by Gasteiger charge is 2.29. The van der Waals surface area contributed by atoms with E-state index in [2.05, 4.69) is 78.2 Å². The fraction of sp³-hybridized carbons (Fsp3) is 0.222. The van der Waals surface area contributed by atoms with Crippen molar-refractivity contribution in [3.63, 3.8) is 0 Å². The maximum atomic E-state index is 2.36. The Bertz CT molecular complexity index is 785. The maximum Gasteiger partial charge on any atom is 0.0480 e. The lowest BCUT2D eigenvalue weighted by Crippen LogP contribution is -2.17. The van der Waals surface area contributed by atoms with E-state index in [0.717, 1.165) is 6.54 Å². The van der Waals surface area contributed by atoms with Crippen LogP contribution >= 0.6 is 0 Å². The number of fused-ring (bicyclic) bond motifs is 2. The van der Waals surface area contributed by atoms with Gasteiger partial charge in [0.15, 0.2) is 0 Å². The van der Waals surface area contributed by atoms with E-state index in [4.69, 9.17) is 0 Å². The minimum Gasteiger partial charge on any atom is -0.373 e. The molecule has 0 spiro atoms. The van der Waals surface area contributed by atoms with E-state index in [0.29, 0.717) is 5.92 Å². The number of hydrogen-bond acceptors (Lipinski definition) is 1. The van der Waals surface area contributed by atoms with E-state index in [9.17, 15) is 0 Å². The third kappa shape index (κ3) is 1.51. The van der Waals surface area contributed by atoms with Gasteiger partial charge < -0.3 is 9.47 Å². The lowest BCUT2D eigenvalue weighted by atomic mass is 9.98. The molecule has 20 heavy (non-hydrogen) atoms. The van der Waals surface area contributed by atoms with Crippen LogP contribution in [0.2, 0.25) is 0 Å². The van der Waals surface area contributed by atoms with Gasteiger partial charge in [-0.1, -0.05) is 36.4 Å². The van der Waals surface area contributed by atoms with Crippen LogP contribution in [0.15, 0.2) is 54.6 Å². The number of hydrogen-bond donors (Lipinski definition) is 0. The number of aromatic nitrogens is 1. The summed E-state index contributed by atoms with van der Waals surface area (Å²) in [6.07, 6.45) is 0. The zero-order valence-corrected chi connectivity index (χ0v) is 11.9. The largest absolute Gasteiger partial charge is 0.373 e. The SMILES string of the molecule is CN1CC(c2cc3ccccc3n2C)c2ccccc21. The van der Waals surface area contributed by atoms with Gasteiger partial charge in [-0.2, -0.15) is 0 Å². The quantitative estimate of drug-likeness (QED) is 0.648. The molecule has 0 saturated heterocycles. The first-order valence-corrected chi connectivity index (χ1v) is 7.10. The van der Waals surface area contributed by atoms with E-state index in [1.54, 1.807) is 0 Å². The molecule has 1 aromatic heterocycles. The second-order valence-electron chi connectivity index (χ2n) is 5.68. The van der Waals surface area contributed by atoms with Gasteiger partial charge >= 0.3 is 0 Å². The summed E-state index contributed by atoms with van der Waals surface area (Å²) in [6, 6.07) is 19.7. The lowest BCUT2D eigenvalue weighted by Gasteiger charge is -2.14. The van der Waals surface area contributed by atoms with E-state index in [-0.39, 0.29) is 0 Å². The van der Waals surface area contributed by atoms with Crippen LogP contribution in [0.5, 0.6) is 0 Å². The molecule has 0 amide bonds. The summed E-state index contributed by atoms with van der Waals surface area (Å²) in [4.78, 5) is 2.36. The molecule has 0 N–H and O–H groups in total. The van der Waals surface area contributed by atoms with Crippen LogP contribution in [0.25, 0.3) is 10.9 Å². The number of anilines is 1. The summed E-state index contributed by atoms with van der Waals surface area (Å²) < 4.78 is 2.34. The average Bonchev–Trinajstić information content (AvgIpc) is 2.99. The molecule has 0 fully saturated rings. The van der Waals surface area contributed by atoms with Gasteiger partial charge in [-0.3, -0.25) is 0 Å². The van der Waals surface area contributed by atoms with Crippen molar-refractivity contribution in [2.75, 3.05) is 18.5 Å². The molecule has 1 aliphatic heterocycles. The van der Waals surface area contributed by atoms with Crippen LogP contribution in [0, 0.1) is 0 Å². The van der Waals surface area contributed by atoms with Crippen molar-refractivity contribution in [1.82, 2.24) is 4.57 Å². The van der Waals surface area contributed by atoms with Gasteiger partial charge in [0.05, 0.1) is 0 Å². The molecular weight excluding hydrogens is 244 g/mol. The third-order valence-corrected chi connectivity index (χ3v) is 4.53. The molecule has 4 rings (SSSR count). The highest BCUT2D eigenvalue weighted by Crippen LogP contribution is 2.40. The standard InChI is InChI=1S/C18H18N2/c1-19-12-15(14-8-4-6-10-17(14)19)18-11-13-7-3-5-9-16(13)20(18)2/h3-11,15H,12H2,1-2H3. The van der Waals surface area contributed by atoms with Gasteiger partial charge in [0.1, 0.15) is 0 Å². The van der Waals surface area contributed by atoms with Crippen molar-refractivity contribution in [2.24, 2.45) is 7.05 Å². The van der Waals surface area contributed by atoms with E-state index >= 15 is 0 Å². The second kappa shape index (κ2) is 4.14. The Hall–Kier alpha value is -2.22. The minimum atomic E-state index is 0.466. The lowest BCUT2D eigenvalue weighted by molar-refractivity contribution is 0.753. The molecule has 2 heterocycles. The van der Waals surface area contributed by atoms with Crippen molar-refractivity contribution < 1.29 is 0 Å². The zero-order valence-electron chi connectivity index (χ0n) is 11.9.